The molecular formula is C17H29F3O2. The van der Waals surface area contributed by atoms with E-state index in [2.05, 4.69) is 6.58 Å². The first-order valence-electron chi connectivity index (χ1n) is 8.14. The van der Waals surface area contributed by atoms with Gasteiger partial charge in [0.15, 0.2) is 0 Å². The Labute approximate surface area is 132 Å². The van der Waals surface area contributed by atoms with Crippen LogP contribution >= 0.6 is 0 Å². The summed E-state index contributed by atoms with van der Waals surface area (Å²) < 4.78 is 41.8. The van der Waals surface area contributed by atoms with E-state index in [1.165, 1.54) is 6.92 Å². The van der Waals surface area contributed by atoms with E-state index in [1.54, 1.807) is 6.92 Å². The molecule has 2 nitrogen and oxygen atoms in total. The third kappa shape index (κ3) is 11.6. The second kappa shape index (κ2) is 11.6. The van der Waals surface area contributed by atoms with Crippen LogP contribution in [0, 0.1) is 5.92 Å². The minimum atomic E-state index is -4.05. The number of hydrogen-bond donors (Lipinski definition) is 0. The molecule has 0 spiro atoms. The number of carbonyl (C=O) groups is 1. The zero-order chi connectivity index (χ0) is 17.0. The fraction of sp³-hybridized carbons (Fsp3) is 0.824. The van der Waals surface area contributed by atoms with Crippen LogP contribution in [0.5, 0.6) is 0 Å². The van der Waals surface area contributed by atoms with Crippen molar-refractivity contribution in [2.24, 2.45) is 5.92 Å². The third-order valence-electron chi connectivity index (χ3n) is 3.67. The standard InChI is InChI=1S/C17H29F3O2/c1-14(2)16(21)22-13-11-9-7-5-4-6-8-10-12-15(3)17(18,19)20/h15H,1,4-13H2,2-3H3. The summed E-state index contributed by atoms with van der Waals surface area (Å²) in [6, 6.07) is 0. The summed E-state index contributed by atoms with van der Waals surface area (Å²) in [6.45, 7) is 6.81. The summed E-state index contributed by atoms with van der Waals surface area (Å²) in [7, 11) is 0. The maximum atomic E-state index is 12.3. The van der Waals surface area contributed by atoms with Crippen LogP contribution in [0.25, 0.3) is 0 Å². The zero-order valence-electron chi connectivity index (χ0n) is 13.8. The highest BCUT2D eigenvalue weighted by molar-refractivity contribution is 5.86. The van der Waals surface area contributed by atoms with Crippen LogP contribution in [0.1, 0.15) is 71.6 Å². The maximum absolute atomic E-state index is 12.3. The lowest BCUT2D eigenvalue weighted by molar-refractivity contribution is -0.171. The minimum absolute atomic E-state index is 0.234. The van der Waals surface area contributed by atoms with E-state index < -0.39 is 12.1 Å². The van der Waals surface area contributed by atoms with E-state index in [0.717, 1.165) is 44.9 Å². The van der Waals surface area contributed by atoms with Crippen molar-refractivity contribution in [2.45, 2.75) is 77.8 Å². The van der Waals surface area contributed by atoms with Crippen molar-refractivity contribution in [3.8, 4) is 0 Å². The quantitative estimate of drug-likeness (QED) is 0.257. The Hall–Kier alpha value is -1.00. The fourth-order valence-electron chi connectivity index (χ4n) is 2.06. The van der Waals surface area contributed by atoms with E-state index in [1.807, 2.05) is 0 Å². The van der Waals surface area contributed by atoms with Crippen molar-refractivity contribution in [1.29, 1.82) is 0 Å². The SMILES string of the molecule is C=C(C)C(=O)OCCCCCCCCCCC(C)C(F)(F)F. The van der Waals surface area contributed by atoms with Crippen molar-refractivity contribution in [1.82, 2.24) is 0 Å². The molecular weight excluding hydrogens is 293 g/mol. The normalized spacial score (nSPS) is 13.0. The van der Waals surface area contributed by atoms with Crippen LogP contribution in [0.2, 0.25) is 0 Å². The number of rotatable bonds is 12. The van der Waals surface area contributed by atoms with Gasteiger partial charge in [-0.2, -0.15) is 13.2 Å². The number of esters is 1. The molecule has 0 fully saturated rings. The highest BCUT2D eigenvalue weighted by Gasteiger charge is 2.34. The number of carbonyl (C=O) groups excluding carboxylic acids is 1. The second-order valence-electron chi connectivity index (χ2n) is 5.98. The van der Waals surface area contributed by atoms with Gasteiger partial charge in [-0.3, -0.25) is 0 Å². The summed E-state index contributed by atoms with van der Waals surface area (Å²) in [4.78, 5) is 11.1. The molecule has 0 bridgehead atoms. The topological polar surface area (TPSA) is 26.3 Å². The minimum Gasteiger partial charge on any atom is -0.462 e. The summed E-state index contributed by atoms with van der Waals surface area (Å²) in [5, 5.41) is 0. The molecule has 0 heterocycles. The molecule has 5 heteroatoms. The Bertz CT molecular complexity index is 324. The third-order valence-corrected chi connectivity index (χ3v) is 3.67. The monoisotopic (exact) mass is 322 g/mol. The average Bonchev–Trinajstić information content (AvgIpc) is 2.42. The Morgan fingerprint density at radius 2 is 1.45 bits per heavy atom. The fourth-order valence-corrected chi connectivity index (χ4v) is 2.06. The van der Waals surface area contributed by atoms with Gasteiger partial charge in [-0.25, -0.2) is 4.79 Å². The summed E-state index contributed by atoms with van der Waals surface area (Å²) in [5.41, 5.74) is 0.417. The first-order valence-corrected chi connectivity index (χ1v) is 8.14. The van der Waals surface area contributed by atoms with Gasteiger partial charge < -0.3 is 4.74 Å². The average molecular weight is 322 g/mol. The Kier molecular flexibility index (Phi) is 11.0. The van der Waals surface area contributed by atoms with E-state index in [-0.39, 0.29) is 12.4 Å². The Balaban J connectivity index is 3.28. The molecule has 0 aliphatic rings. The molecule has 130 valence electrons. The van der Waals surface area contributed by atoms with Gasteiger partial charge in [0.1, 0.15) is 0 Å². The highest BCUT2D eigenvalue weighted by Crippen LogP contribution is 2.29. The van der Waals surface area contributed by atoms with Gasteiger partial charge >= 0.3 is 12.1 Å². The molecule has 0 rings (SSSR count). The van der Waals surface area contributed by atoms with Crippen LogP contribution in [0.3, 0.4) is 0 Å². The van der Waals surface area contributed by atoms with Gasteiger partial charge in [0.25, 0.3) is 0 Å². The number of hydrogen-bond acceptors (Lipinski definition) is 2. The Morgan fingerprint density at radius 3 is 1.91 bits per heavy atom. The van der Waals surface area contributed by atoms with E-state index in [9.17, 15) is 18.0 Å². The lowest BCUT2D eigenvalue weighted by Gasteiger charge is -2.14. The predicted molar refractivity (Wildman–Crippen MR) is 82.5 cm³/mol. The largest absolute Gasteiger partial charge is 0.462 e. The summed E-state index contributed by atoms with van der Waals surface area (Å²) >= 11 is 0. The van der Waals surface area contributed by atoms with Gasteiger partial charge in [-0.15, -0.1) is 0 Å². The van der Waals surface area contributed by atoms with Gasteiger partial charge in [-0.05, 0) is 19.8 Å². The molecule has 0 radical (unpaired) electrons. The molecule has 0 amide bonds. The Morgan fingerprint density at radius 1 is 1.00 bits per heavy atom. The van der Waals surface area contributed by atoms with Gasteiger partial charge in [0.05, 0.1) is 12.5 Å². The van der Waals surface area contributed by atoms with Crippen molar-refractivity contribution in [3.63, 3.8) is 0 Å². The molecule has 0 saturated heterocycles. The number of unbranched alkanes of at least 4 members (excludes halogenated alkanes) is 7. The van der Waals surface area contributed by atoms with Crippen LogP contribution in [-0.4, -0.2) is 18.8 Å². The van der Waals surface area contributed by atoms with E-state index >= 15 is 0 Å². The predicted octanol–water partition coefficient (Wildman–Crippen LogP) is 5.82. The van der Waals surface area contributed by atoms with Crippen molar-refractivity contribution in [2.75, 3.05) is 6.61 Å². The first-order chi connectivity index (χ1) is 10.2. The highest BCUT2D eigenvalue weighted by atomic mass is 19.4. The second-order valence-corrected chi connectivity index (χ2v) is 5.98. The van der Waals surface area contributed by atoms with Crippen LogP contribution < -0.4 is 0 Å². The lowest BCUT2D eigenvalue weighted by Crippen LogP contribution is -2.19. The molecule has 0 aliphatic carbocycles. The van der Waals surface area contributed by atoms with Crippen molar-refractivity contribution in [3.05, 3.63) is 12.2 Å². The van der Waals surface area contributed by atoms with Crippen molar-refractivity contribution >= 4 is 5.97 Å². The summed E-state index contributed by atoms with van der Waals surface area (Å²) in [6.07, 6.45) is 3.78. The molecule has 0 aromatic heterocycles. The van der Waals surface area contributed by atoms with Gasteiger partial charge in [0, 0.05) is 5.57 Å². The molecule has 0 aromatic rings. The smallest absolute Gasteiger partial charge is 0.391 e. The molecule has 0 N–H and O–H groups in total. The summed E-state index contributed by atoms with van der Waals surface area (Å²) in [5.74, 6) is -1.53. The molecule has 1 unspecified atom stereocenters. The first kappa shape index (κ1) is 21.0. The van der Waals surface area contributed by atoms with E-state index in [0.29, 0.717) is 18.6 Å². The van der Waals surface area contributed by atoms with Crippen LogP contribution in [0.15, 0.2) is 12.2 Å². The molecule has 22 heavy (non-hydrogen) atoms. The molecule has 0 aliphatic heterocycles. The van der Waals surface area contributed by atoms with Gasteiger partial charge in [0.2, 0.25) is 0 Å². The van der Waals surface area contributed by atoms with Gasteiger partial charge in [-0.1, -0.05) is 58.4 Å². The number of alkyl halides is 3. The van der Waals surface area contributed by atoms with Crippen LogP contribution in [0.4, 0.5) is 13.2 Å². The lowest BCUT2D eigenvalue weighted by atomic mass is 10.0. The zero-order valence-corrected chi connectivity index (χ0v) is 13.8. The van der Waals surface area contributed by atoms with Crippen LogP contribution in [-0.2, 0) is 9.53 Å². The van der Waals surface area contributed by atoms with E-state index in [4.69, 9.17) is 4.74 Å². The molecule has 0 aromatic carbocycles. The maximum Gasteiger partial charge on any atom is 0.391 e. The molecule has 1 atom stereocenters. The number of ether oxygens (including phenoxy) is 1. The van der Waals surface area contributed by atoms with Crippen molar-refractivity contribution < 1.29 is 22.7 Å². The number of halogens is 3. The molecule has 0 saturated carbocycles.